The summed E-state index contributed by atoms with van der Waals surface area (Å²) in [7, 11) is -5.01. The number of aliphatic hydroxyl groups is 5. The Morgan fingerprint density at radius 1 is 0.544 bits per heavy atom. The van der Waals surface area contributed by atoms with Gasteiger partial charge in [-0.05, 0) is 38.5 Å². The van der Waals surface area contributed by atoms with Crippen molar-refractivity contribution in [1.29, 1.82) is 0 Å². The van der Waals surface area contributed by atoms with Crippen molar-refractivity contribution in [3.8, 4) is 0 Å². The maximum atomic E-state index is 12.8. The van der Waals surface area contributed by atoms with Crippen molar-refractivity contribution >= 4 is 13.8 Å². The van der Waals surface area contributed by atoms with Gasteiger partial charge in [-0.15, -0.1) is 0 Å². The zero-order valence-electron chi connectivity index (χ0n) is 35.9. The van der Waals surface area contributed by atoms with Crippen LogP contribution in [-0.4, -0.2) is 98.9 Å². The summed E-state index contributed by atoms with van der Waals surface area (Å²) in [6.07, 6.45) is 25.6. The van der Waals surface area contributed by atoms with Gasteiger partial charge in [0.05, 0.1) is 13.2 Å². The first-order chi connectivity index (χ1) is 27.5. The smallest absolute Gasteiger partial charge is 0.457 e. The summed E-state index contributed by atoms with van der Waals surface area (Å²) in [6.45, 7) is 4.26. The van der Waals surface area contributed by atoms with Crippen LogP contribution in [0.4, 0.5) is 0 Å². The van der Waals surface area contributed by atoms with Crippen LogP contribution in [-0.2, 0) is 27.9 Å². The van der Waals surface area contributed by atoms with E-state index in [2.05, 4.69) is 26.0 Å². The number of carbonyl (C=O) groups excluding carboxylic acids is 1. The summed E-state index contributed by atoms with van der Waals surface area (Å²) < 4.78 is 34.2. The number of rotatable bonds is 39. The van der Waals surface area contributed by atoms with Crippen LogP contribution in [0, 0.1) is 0 Å². The molecule has 0 aromatic rings. The van der Waals surface area contributed by atoms with Crippen LogP contribution in [0.1, 0.15) is 200 Å². The molecule has 0 bridgehead atoms. The number of hydrogen-bond donors (Lipinski definition) is 6. The molecule has 1 fully saturated rings. The zero-order chi connectivity index (χ0) is 42.0. The SMILES string of the molecule is CCCCCCCCC/C=C\CCCCCCCC(=O)OC(COCCCCCCCCCCCCCCCC)COP(=O)(O)OC1C(O)C(O)C(O)C(O)C1O. The highest BCUT2D eigenvalue weighted by atomic mass is 31.2. The van der Waals surface area contributed by atoms with Gasteiger partial charge in [-0.2, -0.15) is 0 Å². The van der Waals surface area contributed by atoms with E-state index < -0.39 is 63.1 Å². The number of phosphoric ester groups is 1. The molecule has 0 heterocycles. The van der Waals surface area contributed by atoms with Crippen molar-refractivity contribution in [3.05, 3.63) is 12.2 Å². The monoisotopic (exact) mass is 837 g/mol. The molecule has 0 aliphatic heterocycles. The van der Waals surface area contributed by atoms with E-state index in [4.69, 9.17) is 18.5 Å². The molecule has 1 aliphatic rings. The van der Waals surface area contributed by atoms with Gasteiger partial charge in [0.25, 0.3) is 0 Å². The second kappa shape index (κ2) is 35.8. The Bertz CT molecular complexity index is 1000. The van der Waals surface area contributed by atoms with E-state index >= 15 is 0 Å². The van der Waals surface area contributed by atoms with Gasteiger partial charge in [-0.3, -0.25) is 13.8 Å². The third-order valence-corrected chi connectivity index (χ3v) is 11.9. The molecule has 0 aromatic heterocycles. The van der Waals surface area contributed by atoms with Gasteiger partial charge in [0.1, 0.15) is 42.7 Å². The van der Waals surface area contributed by atoms with Crippen LogP contribution in [0.25, 0.3) is 0 Å². The Morgan fingerprint density at radius 2 is 0.930 bits per heavy atom. The third-order valence-electron chi connectivity index (χ3n) is 10.9. The molecule has 0 amide bonds. The van der Waals surface area contributed by atoms with Crippen molar-refractivity contribution in [2.75, 3.05) is 19.8 Å². The maximum absolute atomic E-state index is 12.8. The van der Waals surface area contributed by atoms with Crippen molar-refractivity contribution in [2.45, 2.75) is 243 Å². The Hall–Kier alpha value is -0.920. The van der Waals surface area contributed by atoms with Crippen LogP contribution in [0.5, 0.6) is 0 Å². The van der Waals surface area contributed by atoms with E-state index in [1.54, 1.807) is 0 Å². The molecule has 6 unspecified atom stereocenters. The van der Waals surface area contributed by atoms with Crippen molar-refractivity contribution < 1.29 is 58.3 Å². The predicted molar refractivity (Wildman–Crippen MR) is 226 cm³/mol. The molecular formula is C44H85O12P. The van der Waals surface area contributed by atoms with E-state index in [1.165, 1.54) is 116 Å². The highest BCUT2D eigenvalue weighted by molar-refractivity contribution is 7.47. The van der Waals surface area contributed by atoms with Crippen LogP contribution in [0.15, 0.2) is 12.2 Å². The minimum Gasteiger partial charge on any atom is -0.457 e. The van der Waals surface area contributed by atoms with Crippen molar-refractivity contribution in [3.63, 3.8) is 0 Å². The molecule has 1 aliphatic carbocycles. The van der Waals surface area contributed by atoms with Crippen LogP contribution in [0.2, 0.25) is 0 Å². The van der Waals surface area contributed by atoms with E-state index in [-0.39, 0.29) is 13.0 Å². The highest BCUT2D eigenvalue weighted by Crippen LogP contribution is 2.47. The number of ether oxygens (including phenoxy) is 2. The highest BCUT2D eigenvalue weighted by Gasteiger charge is 2.51. The number of unbranched alkanes of at least 4 members (excludes halogenated alkanes) is 25. The topological polar surface area (TPSA) is 192 Å². The number of aliphatic hydroxyl groups excluding tert-OH is 5. The number of allylic oxidation sites excluding steroid dienone is 2. The Labute approximate surface area is 346 Å². The third kappa shape index (κ3) is 28.3. The fourth-order valence-corrected chi connectivity index (χ4v) is 8.15. The van der Waals surface area contributed by atoms with Gasteiger partial charge in [0, 0.05) is 13.0 Å². The molecule has 0 aromatic carbocycles. The summed E-state index contributed by atoms with van der Waals surface area (Å²) in [6, 6.07) is 0. The van der Waals surface area contributed by atoms with Crippen molar-refractivity contribution in [1.82, 2.24) is 0 Å². The minimum atomic E-state index is -5.01. The number of hydrogen-bond acceptors (Lipinski definition) is 11. The average Bonchev–Trinajstić information content (AvgIpc) is 3.19. The molecule has 13 heteroatoms. The van der Waals surface area contributed by atoms with Crippen LogP contribution < -0.4 is 0 Å². The number of phosphoric acid groups is 1. The van der Waals surface area contributed by atoms with Gasteiger partial charge >= 0.3 is 13.8 Å². The summed E-state index contributed by atoms with van der Waals surface area (Å²) in [5.74, 6) is -0.482. The van der Waals surface area contributed by atoms with Gasteiger partial charge in [-0.25, -0.2) is 4.57 Å². The van der Waals surface area contributed by atoms with Gasteiger partial charge in [0.2, 0.25) is 0 Å². The molecule has 12 nitrogen and oxygen atoms in total. The Morgan fingerprint density at radius 3 is 1.39 bits per heavy atom. The summed E-state index contributed by atoms with van der Waals surface area (Å²) in [4.78, 5) is 23.1. The summed E-state index contributed by atoms with van der Waals surface area (Å²) in [5.41, 5.74) is 0. The summed E-state index contributed by atoms with van der Waals surface area (Å²) in [5, 5.41) is 50.1. The zero-order valence-corrected chi connectivity index (χ0v) is 36.8. The lowest BCUT2D eigenvalue weighted by atomic mass is 9.85. The van der Waals surface area contributed by atoms with E-state index in [0.29, 0.717) is 13.0 Å². The number of carbonyl (C=O) groups is 1. The first-order valence-corrected chi connectivity index (χ1v) is 24.5. The first kappa shape index (κ1) is 54.1. The van der Waals surface area contributed by atoms with Crippen molar-refractivity contribution in [2.24, 2.45) is 0 Å². The molecule has 0 spiro atoms. The molecule has 0 radical (unpaired) electrons. The largest absolute Gasteiger partial charge is 0.472 e. The normalized spacial score (nSPS) is 22.9. The molecule has 1 rings (SSSR count). The molecule has 6 N–H and O–H groups in total. The second-order valence-corrected chi connectivity index (χ2v) is 17.7. The Kier molecular flexibility index (Phi) is 34.0. The standard InChI is InChI=1S/C44H85O12P/c1-3-5-7-9-11-13-15-17-19-20-21-23-25-27-29-31-33-38(45)55-37(35-53-34-32-30-28-26-24-22-18-16-14-12-10-8-6-4-2)36-54-57(51,52)56-44-42(49)40(47)39(46)41(48)43(44)50/h19-20,37,39-44,46-50H,3-18,21-36H2,1-2H3,(H,51,52)/b20-19-. The van der Waals surface area contributed by atoms with Gasteiger partial charge < -0.3 is 39.9 Å². The van der Waals surface area contributed by atoms with E-state index in [9.17, 15) is 39.8 Å². The lowest BCUT2D eigenvalue weighted by Gasteiger charge is -2.41. The van der Waals surface area contributed by atoms with Gasteiger partial charge in [0.15, 0.2) is 0 Å². The van der Waals surface area contributed by atoms with Gasteiger partial charge in [-0.1, -0.05) is 167 Å². The fourth-order valence-electron chi connectivity index (χ4n) is 7.17. The molecule has 1 saturated carbocycles. The van der Waals surface area contributed by atoms with Crippen LogP contribution >= 0.6 is 7.82 Å². The quantitative estimate of drug-likeness (QED) is 0.0149. The number of esters is 1. The second-order valence-electron chi connectivity index (χ2n) is 16.3. The molecule has 6 atom stereocenters. The first-order valence-electron chi connectivity index (χ1n) is 23.0. The lowest BCUT2D eigenvalue weighted by molar-refractivity contribution is -0.220. The summed E-state index contributed by atoms with van der Waals surface area (Å²) >= 11 is 0. The molecule has 338 valence electrons. The van der Waals surface area contributed by atoms with E-state index in [1.807, 2.05) is 0 Å². The van der Waals surface area contributed by atoms with E-state index in [0.717, 1.165) is 57.8 Å². The average molecular weight is 837 g/mol. The fraction of sp³-hybridized carbons (Fsp3) is 0.932. The minimum absolute atomic E-state index is 0.0744. The predicted octanol–water partition coefficient (Wildman–Crippen LogP) is 9.14. The molecule has 0 saturated heterocycles. The molecular weight excluding hydrogens is 751 g/mol. The lowest BCUT2D eigenvalue weighted by Crippen LogP contribution is -2.64. The molecule has 57 heavy (non-hydrogen) atoms. The van der Waals surface area contributed by atoms with Crippen LogP contribution in [0.3, 0.4) is 0 Å². The maximum Gasteiger partial charge on any atom is 0.472 e. The Balaban J connectivity index is 2.40.